The van der Waals surface area contributed by atoms with Crippen LogP contribution in [0.1, 0.15) is 72.8 Å². The molecule has 7 nitrogen and oxygen atoms in total. The zero-order chi connectivity index (χ0) is 29.2. The number of amides is 1. The molecule has 208 valence electrons. The van der Waals surface area contributed by atoms with E-state index in [9.17, 15) is 19.5 Å². The highest BCUT2D eigenvalue weighted by atomic mass is 16.5. The molecule has 1 atom stereocenters. The van der Waals surface area contributed by atoms with Crippen LogP contribution in [0.4, 0.5) is 5.69 Å². The first-order valence-corrected chi connectivity index (χ1v) is 13.3. The summed E-state index contributed by atoms with van der Waals surface area (Å²) in [5, 5.41) is 11.6. The van der Waals surface area contributed by atoms with Gasteiger partial charge in [-0.3, -0.25) is 14.5 Å². The number of rotatable bonds is 7. The van der Waals surface area contributed by atoms with Crippen LogP contribution >= 0.6 is 0 Å². The summed E-state index contributed by atoms with van der Waals surface area (Å²) in [6, 6.07) is 18.2. The van der Waals surface area contributed by atoms with E-state index in [4.69, 9.17) is 9.47 Å². The molecule has 7 heteroatoms. The first-order chi connectivity index (χ1) is 19.0. The molecule has 1 N–H and O–H groups in total. The first-order valence-electron chi connectivity index (χ1n) is 13.3. The normalized spacial score (nSPS) is 16.8. The second-order valence-electron chi connectivity index (χ2n) is 10.9. The Morgan fingerprint density at radius 3 is 2.25 bits per heavy atom. The molecule has 3 aromatic carbocycles. The average molecular weight is 542 g/mol. The molecule has 4 rings (SSSR count). The van der Waals surface area contributed by atoms with Gasteiger partial charge < -0.3 is 14.6 Å². The van der Waals surface area contributed by atoms with Crippen molar-refractivity contribution in [3.8, 4) is 5.75 Å². The lowest BCUT2D eigenvalue weighted by molar-refractivity contribution is -0.132. The Hall–Kier alpha value is -4.39. The fraction of sp³-hybridized carbons (Fsp3) is 0.303. The van der Waals surface area contributed by atoms with Gasteiger partial charge in [-0.25, -0.2) is 4.79 Å². The lowest BCUT2D eigenvalue weighted by Crippen LogP contribution is -2.29. The van der Waals surface area contributed by atoms with E-state index < -0.39 is 23.7 Å². The number of carbonyl (C=O) groups excluding carboxylic acids is 3. The lowest BCUT2D eigenvalue weighted by Gasteiger charge is -2.26. The van der Waals surface area contributed by atoms with E-state index in [1.165, 1.54) is 4.90 Å². The molecule has 1 aliphatic rings. The molecule has 1 heterocycles. The van der Waals surface area contributed by atoms with Crippen molar-refractivity contribution in [3.05, 3.63) is 100 Å². The number of anilines is 1. The summed E-state index contributed by atoms with van der Waals surface area (Å²) in [6.07, 6.45) is 0.705. The standard InChI is InChI=1S/C33H35NO6/c1-7-17-40-32(38)21-11-14-24(15-12-21)34-28(22-10-8-9-20(2)18-22)27(30(36)31(34)37)29(35)23-13-16-26(39-6)25(19-23)33(3,4)5/h8-16,18-19,28,35H,7,17H2,1-6H3/b29-27-. The fourth-order valence-electron chi connectivity index (χ4n) is 4.89. The quantitative estimate of drug-likeness (QED) is 0.159. The van der Waals surface area contributed by atoms with Gasteiger partial charge in [-0.2, -0.15) is 0 Å². The fourth-order valence-corrected chi connectivity index (χ4v) is 4.89. The van der Waals surface area contributed by atoms with Crippen molar-refractivity contribution >= 4 is 29.1 Å². The van der Waals surface area contributed by atoms with Gasteiger partial charge in [0.2, 0.25) is 0 Å². The Morgan fingerprint density at radius 2 is 1.65 bits per heavy atom. The smallest absolute Gasteiger partial charge is 0.338 e. The van der Waals surface area contributed by atoms with Crippen LogP contribution in [0.15, 0.2) is 72.3 Å². The molecule has 0 radical (unpaired) electrons. The van der Waals surface area contributed by atoms with Gasteiger partial charge in [0.1, 0.15) is 11.5 Å². The van der Waals surface area contributed by atoms with Crippen LogP contribution in [0.25, 0.3) is 5.76 Å². The number of aliphatic hydroxyl groups excluding tert-OH is 1. The van der Waals surface area contributed by atoms with Gasteiger partial charge in [0.15, 0.2) is 0 Å². The topological polar surface area (TPSA) is 93.1 Å². The number of hydrogen-bond acceptors (Lipinski definition) is 6. The number of aliphatic hydroxyl groups is 1. The second kappa shape index (κ2) is 11.4. The summed E-state index contributed by atoms with van der Waals surface area (Å²) >= 11 is 0. The summed E-state index contributed by atoms with van der Waals surface area (Å²) in [4.78, 5) is 40.8. The van der Waals surface area contributed by atoms with E-state index in [1.54, 1.807) is 49.6 Å². The van der Waals surface area contributed by atoms with Crippen molar-refractivity contribution in [2.75, 3.05) is 18.6 Å². The molecule has 1 unspecified atom stereocenters. The van der Waals surface area contributed by atoms with Crippen LogP contribution in [0, 0.1) is 6.92 Å². The molecular weight excluding hydrogens is 506 g/mol. The summed E-state index contributed by atoms with van der Waals surface area (Å²) in [5.41, 5.74) is 3.34. The number of methoxy groups -OCH3 is 1. The van der Waals surface area contributed by atoms with E-state index >= 15 is 0 Å². The van der Waals surface area contributed by atoms with Crippen molar-refractivity contribution in [1.82, 2.24) is 0 Å². The molecule has 1 aliphatic heterocycles. The minimum absolute atomic E-state index is 0.00735. The van der Waals surface area contributed by atoms with Crippen LogP contribution in [0.2, 0.25) is 0 Å². The van der Waals surface area contributed by atoms with E-state index in [0.717, 1.165) is 11.1 Å². The lowest BCUT2D eigenvalue weighted by atomic mass is 9.84. The Kier molecular flexibility index (Phi) is 8.14. The Labute approximate surface area is 235 Å². The third-order valence-electron chi connectivity index (χ3n) is 6.90. The SMILES string of the molecule is CCCOC(=O)c1ccc(N2C(=O)C(=O)/C(=C(\O)c3ccc(OC)c(C(C)(C)C)c3)C2c2cccc(C)c2)cc1. The molecule has 40 heavy (non-hydrogen) atoms. The maximum atomic E-state index is 13.6. The minimum Gasteiger partial charge on any atom is -0.507 e. The Balaban J connectivity index is 1.87. The van der Waals surface area contributed by atoms with Crippen LogP contribution < -0.4 is 9.64 Å². The monoisotopic (exact) mass is 541 g/mol. The molecule has 3 aromatic rings. The van der Waals surface area contributed by atoms with E-state index in [0.29, 0.717) is 41.2 Å². The van der Waals surface area contributed by atoms with Crippen molar-refractivity contribution in [2.24, 2.45) is 0 Å². The Morgan fingerprint density at radius 1 is 0.975 bits per heavy atom. The van der Waals surface area contributed by atoms with Gasteiger partial charge in [0.25, 0.3) is 11.7 Å². The number of nitrogens with zero attached hydrogens (tertiary/aromatic N) is 1. The Bertz CT molecular complexity index is 1480. The van der Waals surface area contributed by atoms with Gasteiger partial charge in [-0.15, -0.1) is 0 Å². The predicted molar refractivity (Wildman–Crippen MR) is 155 cm³/mol. The summed E-state index contributed by atoms with van der Waals surface area (Å²) in [5.74, 6) is -1.61. The molecule has 1 fully saturated rings. The molecule has 0 spiro atoms. The molecule has 0 aliphatic carbocycles. The second-order valence-corrected chi connectivity index (χ2v) is 10.9. The molecular formula is C33H35NO6. The van der Waals surface area contributed by atoms with Crippen LogP contribution in [-0.2, 0) is 19.7 Å². The largest absolute Gasteiger partial charge is 0.507 e. The number of ketones is 1. The van der Waals surface area contributed by atoms with E-state index in [1.807, 2.05) is 58.9 Å². The van der Waals surface area contributed by atoms with E-state index in [2.05, 4.69) is 0 Å². The number of ether oxygens (including phenoxy) is 2. The highest BCUT2D eigenvalue weighted by Gasteiger charge is 2.47. The zero-order valence-corrected chi connectivity index (χ0v) is 23.8. The number of esters is 1. The number of hydrogen-bond donors (Lipinski definition) is 1. The highest BCUT2D eigenvalue weighted by Crippen LogP contribution is 2.43. The number of Topliss-reactive ketones (excluding diaryl/α,β-unsaturated/α-hetero) is 1. The minimum atomic E-state index is -0.877. The number of carbonyl (C=O) groups is 3. The van der Waals surface area contributed by atoms with Crippen LogP contribution in [0.3, 0.4) is 0 Å². The molecule has 0 saturated carbocycles. The third kappa shape index (κ3) is 5.50. The molecule has 0 bridgehead atoms. The van der Waals surface area contributed by atoms with E-state index in [-0.39, 0.29) is 16.7 Å². The van der Waals surface area contributed by atoms with Gasteiger partial charge in [0, 0.05) is 16.8 Å². The summed E-state index contributed by atoms with van der Waals surface area (Å²) in [7, 11) is 1.59. The third-order valence-corrected chi connectivity index (χ3v) is 6.90. The van der Waals surface area contributed by atoms with Crippen molar-refractivity contribution in [1.29, 1.82) is 0 Å². The van der Waals surface area contributed by atoms with Gasteiger partial charge in [0.05, 0.1) is 30.9 Å². The predicted octanol–water partition coefficient (Wildman–Crippen LogP) is 6.49. The highest BCUT2D eigenvalue weighted by molar-refractivity contribution is 6.51. The first kappa shape index (κ1) is 28.6. The summed E-state index contributed by atoms with van der Waals surface area (Å²) in [6.45, 7) is 10.2. The molecule has 0 aromatic heterocycles. The van der Waals surface area contributed by atoms with Gasteiger partial charge >= 0.3 is 5.97 Å². The van der Waals surface area contributed by atoms with Gasteiger partial charge in [-0.05, 0) is 66.8 Å². The number of benzene rings is 3. The van der Waals surface area contributed by atoms with Crippen molar-refractivity contribution in [2.45, 2.75) is 52.5 Å². The maximum absolute atomic E-state index is 13.6. The van der Waals surface area contributed by atoms with Crippen LogP contribution in [0.5, 0.6) is 5.75 Å². The summed E-state index contributed by atoms with van der Waals surface area (Å²) < 4.78 is 10.7. The zero-order valence-electron chi connectivity index (χ0n) is 23.8. The van der Waals surface area contributed by atoms with Crippen molar-refractivity contribution in [3.63, 3.8) is 0 Å². The molecule has 1 saturated heterocycles. The van der Waals surface area contributed by atoms with Gasteiger partial charge in [-0.1, -0.05) is 57.5 Å². The van der Waals surface area contributed by atoms with Crippen LogP contribution in [-0.4, -0.2) is 36.5 Å². The average Bonchev–Trinajstić information content (AvgIpc) is 3.20. The number of aryl methyl sites for hydroxylation is 1. The molecule has 1 amide bonds. The maximum Gasteiger partial charge on any atom is 0.338 e. The van der Waals surface area contributed by atoms with Crippen molar-refractivity contribution < 1.29 is 29.0 Å².